The van der Waals surface area contributed by atoms with E-state index in [-0.39, 0.29) is 26.2 Å². The summed E-state index contributed by atoms with van der Waals surface area (Å²) in [6, 6.07) is -0.953. The van der Waals surface area contributed by atoms with Gasteiger partial charge in [0.25, 0.3) is 0 Å². The third-order valence-electron chi connectivity index (χ3n) is 5.76. The van der Waals surface area contributed by atoms with E-state index in [1.165, 1.54) is 6.92 Å². The molecule has 0 aromatic rings. The van der Waals surface area contributed by atoms with Crippen LogP contribution in [0.3, 0.4) is 0 Å². The topological polar surface area (TPSA) is 120 Å². The first-order valence-corrected chi connectivity index (χ1v) is 10.6. The van der Waals surface area contributed by atoms with Gasteiger partial charge in [-0.3, -0.25) is 9.59 Å². The first kappa shape index (κ1) is 24.9. The molecule has 0 spiro atoms. The number of ether oxygens (including phenoxy) is 3. The van der Waals surface area contributed by atoms with Crippen molar-refractivity contribution in [1.82, 2.24) is 10.6 Å². The Balaban J connectivity index is 2.09. The van der Waals surface area contributed by atoms with Gasteiger partial charge in [-0.2, -0.15) is 0 Å². The monoisotopic (exact) mass is 444 g/mol. The van der Waals surface area contributed by atoms with Crippen molar-refractivity contribution in [3.8, 4) is 0 Å². The zero-order chi connectivity index (χ0) is 23.6. The normalized spacial score (nSPS) is 29.9. The van der Waals surface area contributed by atoms with Gasteiger partial charge < -0.3 is 24.8 Å². The summed E-state index contributed by atoms with van der Waals surface area (Å²) in [6.07, 6.45) is -0.177. The summed E-state index contributed by atoms with van der Waals surface area (Å²) >= 11 is 0. The number of alkyl carbamates (subject to hydrolysis) is 1. The highest BCUT2D eigenvalue weighted by atomic mass is 19.1. The fourth-order valence-corrected chi connectivity index (χ4v) is 4.40. The zero-order valence-electron chi connectivity index (χ0n) is 19.0. The number of amides is 2. The van der Waals surface area contributed by atoms with Gasteiger partial charge in [0, 0.05) is 18.4 Å². The second-order valence-corrected chi connectivity index (χ2v) is 9.07. The maximum absolute atomic E-state index is 15.4. The standard InChI is InChI=1S/C21H33FN2O7/c1-7-29-16(26)20(10-9-13-14(20)21(13,22)17(27)30-8-2)11-23-15(25)12(3)24-18(28)31-19(4,5)6/h12-14H,7-11H2,1-6H3,(H,23,25)(H,24,28)/t12-,13?,14?,20+,21-/m1/s1. The van der Waals surface area contributed by atoms with Crippen LogP contribution >= 0.6 is 0 Å². The Morgan fingerprint density at radius 1 is 1.10 bits per heavy atom. The molecule has 2 amide bonds. The van der Waals surface area contributed by atoms with Crippen molar-refractivity contribution >= 4 is 23.9 Å². The number of carbonyl (C=O) groups is 4. The first-order chi connectivity index (χ1) is 14.3. The number of carbonyl (C=O) groups excluding carboxylic acids is 4. The fourth-order valence-electron chi connectivity index (χ4n) is 4.40. The van der Waals surface area contributed by atoms with Gasteiger partial charge in [0.2, 0.25) is 11.6 Å². The van der Waals surface area contributed by atoms with E-state index in [2.05, 4.69) is 10.6 Å². The van der Waals surface area contributed by atoms with Crippen molar-refractivity contribution in [2.45, 2.75) is 71.7 Å². The van der Waals surface area contributed by atoms with Crippen molar-refractivity contribution in [3.05, 3.63) is 0 Å². The number of halogens is 1. The molecule has 2 aliphatic rings. The summed E-state index contributed by atoms with van der Waals surface area (Å²) in [5.41, 5.74) is -4.35. The smallest absolute Gasteiger partial charge is 0.408 e. The van der Waals surface area contributed by atoms with E-state index in [0.29, 0.717) is 6.42 Å². The molecule has 176 valence electrons. The van der Waals surface area contributed by atoms with Crippen LogP contribution < -0.4 is 10.6 Å². The lowest BCUT2D eigenvalue weighted by atomic mass is 9.79. The summed E-state index contributed by atoms with van der Waals surface area (Å²) in [7, 11) is 0. The van der Waals surface area contributed by atoms with Gasteiger partial charge in [0.05, 0.1) is 18.6 Å². The van der Waals surface area contributed by atoms with E-state index >= 15 is 4.39 Å². The van der Waals surface area contributed by atoms with Gasteiger partial charge in [-0.1, -0.05) is 0 Å². The molecule has 2 aliphatic carbocycles. The predicted molar refractivity (Wildman–Crippen MR) is 108 cm³/mol. The maximum atomic E-state index is 15.4. The minimum absolute atomic E-state index is 0.0287. The Morgan fingerprint density at radius 2 is 1.68 bits per heavy atom. The van der Waals surface area contributed by atoms with Crippen LogP contribution in [0.5, 0.6) is 0 Å². The van der Waals surface area contributed by atoms with Crippen molar-refractivity contribution in [2.24, 2.45) is 17.3 Å². The number of hydrogen-bond acceptors (Lipinski definition) is 7. The zero-order valence-corrected chi connectivity index (χ0v) is 19.0. The molecule has 2 rings (SSSR count). The number of nitrogens with one attached hydrogen (secondary N) is 2. The molecule has 0 aromatic heterocycles. The summed E-state index contributed by atoms with van der Waals surface area (Å²) < 4.78 is 30.6. The van der Waals surface area contributed by atoms with E-state index < -0.39 is 58.5 Å². The van der Waals surface area contributed by atoms with E-state index in [1.54, 1.807) is 34.6 Å². The number of hydrogen-bond donors (Lipinski definition) is 2. The predicted octanol–water partition coefficient (Wildman–Crippen LogP) is 1.88. The van der Waals surface area contributed by atoms with Gasteiger partial charge in [-0.15, -0.1) is 0 Å². The molecule has 0 aromatic carbocycles. The Labute approximate surface area is 181 Å². The lowest BCUT2D eigenvalue weighted by Gasteiger charge is -2.31. The summed E-state index contributed by atoms with van der Waals surface area (Å²) in [5, 5.41) is 5.02. The Morgan fingerprint density at radius 3 is 2.23 bits per heavy atom. The summed E-state index contributed by atoms with van der Waals surface area (Å²) in [6.45, 7) is 9.65. The van der Waals surface area contributed by atoms with Crippen LogP contribution in [0.4, 0.5) is 9.18 Å². The first-order valence-electron chi connectivity index (χ1n) is 10.6. The minimum Gasteiger partial charge on any atom is -0.466 e. The number of rotatable bonds is 8. The molecule has 0 aliphatic heterocycles. The van der Waals surface area contributed by atoms with Crippen LogP contribution in [0.15, 0.2) is 0 Å². The van der Waals surface area contributed by atoms with E-state index in [4.69, 9.17) is 14.2 Å². The second-order valence-electron chi connectivity index (χ2n) is 9.07. The van der Waals surface area contributed by atoms with Gasteiger partial charge in [-0.25, -0.2) is 14.0 Å². The Bertz CT molecular complexity index is 738. The van der Waals surface area contributed by atoms with Crippen LogP contribution in [-0.4, -0.2) is 61.0 Å². The van der Waals surface area contributed by atoms with Crippen LogP contribution in [-0.2, 0) is 28.6 Å². The molecule has 0 heterocycles. The quantitative estimate of drug-likeness (QED) is 0.433. The number of alkyl halides is 1. The second kappa shape index (κ2) is 9.00. The summed E-state index contributed by atoms with van der Waals surface area (Å²) in [4.78, 5) is 49.4. The molecular formula is C21H33FN2O7. The van der Waals surface area contributed by atoms with Crippen molar-refractivity contribution in [1.29, 1.82) is 0 Å². The number of esters is 2. The molecular weight excluding hydrogens is 411 g/mol. The van der Waals surface area contributed by atoms with E-state index in [9.17, 15) is 19.2 Å². The molecule has 0 saturated heterocycles. The van der Waals surface area contributed by atoms with Gasteiger partial charge in [0.15, 0.2) is 0 Å². The average molecular weight is 445 g/mol. The highest BCUT2D eigenvalue weighted by Gasteiger charge is 2.83. The summed E-state index contributed by atoms with van der Waals surface area (Å²) in [5.74, 6) is -3.78. The molecule has 2 N–H and O–H groups in total. The van der Waals surface area contributed by atoms with Crippen molar-refractivity contribution in [3.63, 3.8) is 0 Å². The molecule has 31 heavy (non-hydrogen) atoms. The highest BCUT2D eigenvalue weighted by molar-refractivity contribution is 5.90. The van der Waals surface area contributed by atoms with Crippen LogP contribution in [0.2, 0.25) is 0 Å². The van der Waals surface area contributed by atoms with Crippen molar-refractivity contribution < 1.29 is 37.8 Å². The molecule has 0 radical (unpaired) electrons. The lowest BCUT2D eigenvalue weighted by Crippen LogP contribution is -2.52. The van der Waals surface area contributed by atoms with Crippen LogP contribution in [0.25, 0.3) is 0 Å². The van der Waals surface area contributed by atoms with Crippen LogP contribution in [0.1, 0.15) is 54.4 Å². The molecule has 9 nitrogen and oxygen atoms in total. The van der Waals surface area contributed by atoms with Gasteiger partial charge in [-0.05, 0) is 54.4 Å². The third-order valence-corrected chi connectivity index (χ3v) is 5.76. The van der Waals surface area contributed by atoms with E-state index in [0.717, 1.165) is 0 Å². The molecule has 0 bridgehead atoms. The molecule has 10 heteroatoms. The van der Waals surface area contributed by atoms with E-state index in [1.807, 2.05) is 0 Å². The molecule has 2 fully saturated rings. The van der Waals surface area contributed by atoms with Crippen molar-refractivity contribution in [2.75, 3.05) is 19.8 Å². The fraction of sp³-hybridized carbons (Fsp3) is 0.810. The number of fused-ring (bicyclic) bond motifs is 1. The van der Waals surface area contributed by atoms with Gasteiger partial charge >= 0.3 is 18.0 Å². The Hall–Kier alpha value is -2.39. The largest absolute Gasteiger partial charge is 0.466 e. The SMILES string of the molecule is CCOC(=O)[C@]1(CNC(=O)[C@@H](C)NC(=O)OC(C)(C)C)CCC2C1[C@@]2(F)C(=O)OCC. The molecule has 5 atom stereocenters. The molecule has 2 saturated carbocycles. The van der Waals surface area contributed by atoms with Gasteiger partial charge in [0.1, 0.15) is 11.6 Å². The average Bonchev–Trinajstić information content (AvgIpc) is 3.06. The highest BCUT2D eigenvalue weighted by Crippen LogP contribution is 2.71. The maximum Gasteiger partial charge on any atom is 0.408 e. The minimum atomic E-state index is -2.26. The lowest BCUT2D eigenvalue weighted by molar-refractivity contribution is -0.161. The Kier molecular flexibility index (Phi) is 7.22. The molecule has 2 unspecified atom stereocenters. The third kappa shape index (κ3) is 4.93. The van der Waals surface area contributed by atoms with Crippen LogP contribution in [0, 0.1) is 17.3 Å².